The topological polar surface area (TPSA) is 29.1 Å². The fourth-order valence-corrected chi connectivity index (χ4v) is 3.93. The van der Waals surface area contributed by atoms with Gasteiger partial charge in [0.05, 0.1) is 11.1 Å². The van der Waals surface area contributed by atoms with Gasteiger partial charge in [0, 0.05) is 27.4 Å². The minimum Gasteiger partial charge on any atom is -0.374 e. The predicted molar refractivity (Wildman–Crippen MR) is 103 cm³/mol. The van der Waals surface area contributed by atoms with Crippen LogP contribution in [0.2, 0.25) is 10.0 Å². The molecule has 0 fully saturated rings. The third-order valence-corrected chi connectivity index (χ3v) is 5.26. The summed E-state index contributed by atoms with van der Waals surface area (Å²) >= 11 is 12.9. The lowest BCUT2D eigenvalue weighted by atomic mass is 9.81. The second-order valence-electron chi connectivity index (χ2n) is 6.13. The third kappa shape index (κ3) is 2.62. The summed E-state index contributed by atoms with van der Waals surface area (Å²) in [6.45, 7) is 2.04. The zero-order valence-electron chi connectivity index (χ0n) is 13.5. The van der Waals surface area contributed by atoms with E-state index < -0.39 is 0 Å². The molecule has 1 atom stereocenters. The number of aryl methyl sites for hydroxylation is 1. The quantitative estimate of drug-likeness (QED) is 0.597. The molecule has 3 aromatic rings. The number of rotatable bonds is 2. The number of nitrogens with one attached hydrogen (secondary N) is 1. The molecule has 1 aliphatic rings. The van der Waals surface area contributed by atoms with Crippen LogP contribution in [0.5, 0.6) is 0 Å². The Labute approximate surface area is 156 Å². The molecule has 4 heteroatoms. The van der Waals surface area contributed by atoms with E-state index >= 15 is 0 Å². The molecule has 1 N–H and O–H groups in total. The number of ketones is 1. The summed E-state index contributed by atoms with van der Waals surface area (Å²) in [5, 5.41) is 4.59. The molecular formula is C21H15Cl2NO. The van der Waals surface area contributed by atoms with Gasteiger partial charge in [-0.15, -0.1) is 0 Å². The van der Waals surface area contributed by atoms with Crippen LogP contribution in [-0.4, -0.2) is 5.78 Å². The van der Waals surface area contributed by atoms with E-state index in [4.69, 9.17) is 23.2 Å². The van der Waals surface area contributed by atoms with Crippen molar-refractivity contribution in [2.24, 2.45) is 0 Å². The Morgan fingerprint density at radius 1 is 0.880 bits per heavy atom. The largest absolute Gasteiger partial charge is 0.374 e. The van der Waals surface area contributed by atoms with Crippen molar-refractivity contribution in [2.75, 3.05) is 5.32 Å². The van der Waals surface area contributed by atoms with E-state index in [0.29, 0.717) is 21.2 Å². The van der Waals surface area contributed by atoms with E-state index in [2.05, 4.69) is 5.32 Å². The first-order valence-electron chi connectivity index (χ1n) is 8.01. The van der Waals surface area contributed by atoms with E-state index in [1.807, 2.05) is 55.5 Å². The second kappa shape index (κ2) is 6.21. The van der Waals surface area contributed by atoms with Gasteiger partial charge in [-0.05, 0) is 36.2 Å². The van der Waals surface area contributed by atoms with Gasteiger partial charge in [0.15, 0.2) is 5.78 Å². The lowest BCUT2D eigenvalue weighted by Crippen LogP contribution is -2.25. The Morgan fingerprint density at radius 3 is 2.40 bits per heavy atom. The van der Waals surface area contributed by atoms with Crippen LogP contribution < -0.4 is 5.32 Å². The molecule has 0 heterocycles. The fourth-order valence-electron chi connectivity index (χ4n) is 3.38. The maximum absolute atomic E-state index is 13.0. The SMILES string of the molecule is Cc1ccccc1NC1c2cccc(Cl)c2C(=O)c2cccc(Cl)c21. The molecule has 0 spiro atoms. The lowest BCUT2D eigenvalue weighted by molar-refractivity contribution is 0.103. The third-order valence-electron chi connectivity index (χ3n) is 4.62. The molecule has 0 aromatic heterocycles. The highest BCUT2D eigenvalue weighted by Gasteiger charge is 2.34. The number of benzene rings is 3. The number of para-hydroxylation sites is 1. The highest BCUT2D eigenvalue weighted by Crippen LogP contribution is 2.42. The molecule has 25 heavy (non-hydrogen) atoms. The van der Waals surface area contributed by atoms with Crippen LogP contribution >= 0.6 is 23.2 Å². The van der Waals surface area contributed by atoms with Gasteiger partial charge in [-0.2, -0.15) is 0 Å². The number of anilines is 1. The average molecular weight is 368 g/mol. The smallest absolute Gasteiger partial charge is 0.195 e. The van der Waals surface area contributed by atoms with Crippen LogP contribution in [0.25, 0.3) is 0 Å². The zero-order chi connectivity index (χ0) is 17.6. The van der Waals surface area contributed by atoms with E-state index in [-0.39, 0.29) is 11.8 Å². The van der Waals surface area contributed by atoms with E-state index in [0.717, 1.165) is 22.4 Å². The van der Waals surface area contributed by atoms with Crippen molar-refractivity contribution < 1.29 is 4.79 Å². The van der Waals surface area contributed by atoms with Crippen molar-refractivity contribution in [1.29, 1.82) is 0 Å². The van der Waals surface area contributed by atoms with Crippen molar-refractivity contribution in [3.05, 3.63) is 98.5 Å². The van der Waals surface area contributed by atoms with E-state index in [9.17, 15) is 4.79 Å². The average Bonchev–Trinajstić information content (AvgIpc) is 2.60. The van der Waals surface area contributed by atoms with E-state index in [1.54, 1.807) is 12.1 Å². The highest BCUT2D eigenvalue weighted by molar-refractivity contribution is 6.36. The van der Waals surface area contributed by atoms with Crippen molar-refractivity contribution in [3.8, 4) is 0 Å². The number of hydrogen-bond donors (Lipinski definition) is 1. The minimum atomic E-state index is -0.240. The summed E-state index contributed by atoms with van der Waals surface area (Å²) in [4.78, 5) is 13.0. The summed E-state index contributed by atoms with van der Waals surface area (Å²) < 4.78 is 0. The molecular weight excluding hydrogens is 353 g/mol. The normalized spacial score (nSPS) is 15.5. The van der Waals surface area contributed by atoms with Crippen LogP contribution in [0.15, 0.2) is 60.7 Å². The number of fused-ring (bicyclic) bond motifs is 2. The van der Waals surface area contributed by atoms with Crippen molar-refractivity contribution >= 4 is 34.7 Å². The molecule has 124 valence electrons. The lowest BCUT2D eigenvalue weighted by Gasteiger charge is -2.30. The molecule has 4 rings (SSSR count). The Hall–Kier alpha value is -2.29. The second-order valence-corrected chi connectivity index (χ2v) is 6.94. The van der Waals surface area contributed by atoms with Gasteiger partial charge in [0.25, 0.3) is 0 Å². The number of halogens is 2. The Bertz CT molecular complexity index is 997. The van der Waals surface area contributed by atoms with Gasteiger partial charge in [-0.25, -0.2) is 0 Å². The molecule has 0 amide bonds. The van der Waals surface area contributed by atoms with Crippen molar-refractivity contribution in [1.82, 2.24) is 0 Å². The zero-order valence-corrected chi connectivity index (χ0v) is 15.0. The number of carbonyl (C=O) groups excluding carboxylic acids is 1. The molecule has 1 unspecified atom stereocenters. The first-order valence-corrected chi connectivity index (χ1v) is 8.77. The van der Waals surface area contributed by atoms with E-state index in [1.165, 1.54) is 0 Å². The number of hydrogen-bond acceptors (Lipinski definition) is 2. The monoisotopic (exact) mass is 367 g/mol. The molecule has 0 aliphatic heterocycles. The number of carbonyl (C=O) groups is 1. The molecule has 0 bridgehead atoms. The van der Waals surface area contributed by atoms with Gasteiger partial charge in [0.1, 0.15) is 0 Å². The van der Waals surface area contributed by atoms with Crippen LogP contribution in [0.4, 0.5) is 5.69 Å². The molecule has 1 aliphatic carbocycles. The summed E-state index contributed by atoms with van der Waals surface area (Å²) in [6.07, 6.45) is 0. The van der Waals surface area contributed by atoms with Crippen LogP contribution in [0.3, 0.4) is 0 Å². The van der Waals surface area contributed by atoms with Crippen LogP contribution in [-0.2, 0) is 0 Å². The van der Waals surface area contributed by atoms with Crippen LogP contribution in [0.1, 0.15) is 38.7 Å². The van der Waals surface area contributed by atoms with Crippen LogP contribution in [0, 0.1) is 6.92 Å². The summed E-state index contributed by atoms with van der Waals surface area (Å²) in [5.41, 5.74) is 4.91. The molecule has 2 nitrogen and oxygen atoms in total. The maximum atomic E-state index is 13.0. The molecule has 0 saturated heterocycles. The first kappa shape index (κ1) is 16.2. The Morgan fingerprint density at radius 2 is 1.60 bits per heavy atom. The summed E-state index contributed by atoms with van der Waals surface area (Å²) in [5.74, 6) is -0.0825. The molecule has 0 saturated carbocycles. The fraction of sp³-hybridized carbons (Fsp3) is 0.0952. The predicted octanol–water partition coefficient (Wildman–Crippen LogP) is 6.05. The summed E-state index contributed by atoms with van der Waals surface area (Å²) in [6, 6.07) is 18.8. The molecule has 3 aromatic carbocycles. The van der Waals surface area contributed by atoms with Gasteiger partial charge >= 0.3 is 0 Å². The van der Waals surface area contributed by atoms with Gasteiger partial charge in [-0.3, -0.25) is 4.79 Å². The van der Waals surface area contributed by atoms with Gasteiger partial charge < -0.3 is 5.32 Å². The standard InChI is InChI=1S/C21H15Cl2NO/c1-12-6-2-3-11-17(12)24-20-13-7-4-10-16(23)19(13)21(25)14-8-5-9-15(22)18(14)20/h2-11,20,24H,1H3. The molecule has 0 radical (unpaired) electrons. The highest BCUT2D eigenvalue weighted by atomic mass is 35.5. The van der Waals surface area contributed by atoms with Crippen molar-refractivity contribution in [2.45, 2.75) is 13.0 Å². The Balaban J connectivity index is 1.95. The Kier molecular flexibility index (Phi) is 4.03. The minimum absolute atomic E-state index is 0.0825. The van der Waals surface area contributed by atoms with Gasteiger partial charge in [0.2, 0.25) is 0 Å². The van der Waals surface area contributed by atoms with Gasteiger partial charge in [-0.1, -0.05) is 65.7 Å². The van der Waals surface area contributed by atoms with Crippen molar-refractivity contribution in [3.63, 3.8) is 0 Å². The summed E-state index contributed by atoms with van der Waals surface area (Å²) in [7, 11) is 0. The first-order chi connectivity index (χ1) is 12.1. The maximum Gasteiger partial charge on any atom is 0.195 e.